The first-order chi connectivity index (χ1) is 10.3. The maximum atomic E-state index is 5.93. The largest absolute Gasteiger partial charge is 0.398 e. The number of anilines is 2. The van der Waals surface area contributed by atoms with Gasteiger partial charge in [0.25, 0.3) is 0 Å². The Morgan fingerprint density at radius 1 is 0.619 bits per heavy atom. The monoisotopic (exact) mass is 318 g/mol. The molecule has 0 spiro atoms. The molecule has 0 aliphatic carbocycles. The minimum absolute atomic E-state index is 0.887. The SMILES string of the molecule is Nc1ccccc1SCCCCCSc1ccccc1N. The van der Waals surface area contributed by atoms with Crippen LogP contribution in [0.1, 0.15) is 19.3 Å². The highest BCUT2D eigenvalue weighted by Gasteiger charge is 2.00. The van der Waals surface area contributed by atoms with Gasteiger partial charge in [0.2, 0.25) is 0 Å². The standard InChI is InChI=1S/C17H22N2S2/c18-14-8-2-4-10-16(14)20-12-6-1-7-13-21-17-11-5-3-9-15(17)19/h2-5,8-11H,1,6-7,12-13,18-19H2. The first-order valence-electron chi connectivity index (χ1n) is 7.22. The van der Waals surface area contributed by atoms with Crippen molar-refractivity contribution in [2.75, 3.05) is 23.0 Å². The minimum Gasteiger partial charge on any atom is -0.398 e. The Kier molecular flexibility index (Phi) is 6.83. The zero-order chi connectivity index (χ0) is 14.9. The van der Waals surface area contributed by atoms with Crippen LogP contribution in [0.15, 0.2) is 58.3 Å². The van der Waals surface area contributed by atoms with Gasteiger partial charge in [0, 0.05) is 21.2 Å². The number of para-hydroxylation sites is 2. The lowest BCUT2D eigenvalue weighted by Gasteiger charge is -2.06. The van der Waals surface area contributed by atoms with E-state index < -0.39 is 0 Å². The number of thioether (sulfide) groups is 2. The second kappa shape index (κ2) is 8.90. The fourth-order valence-electron chi connectivity index (χ4n) is 1.97. The first kappa shape index (κ1) is 16.1. The number of hydrogen-bond acceptors (Lipinski definition) is 4. The minimum atomic E-state index is 0.887. The van der Waals surface area contributed by atoms with Gasteiger partial charge in [0.1, 0.15) is 0 Å². The molecule has 0 saturated carbocycles. The summed E-state index contributed by atoms with van der Waals surface area (Å²) in [6.45, 7) is 0. The van der Waals surface area contributed by atoms with Crippen LogP contribution in [0.2, 0.25) is 0 Å². The van der Waals surface area contributed by atoms with E-state index in [1.165, 1.54) is 29.1 Å². The predicted octanol–water partition coefficient (Wildman–Crippen LogP) is 4.91. The third-order valence-electron chi connectivity index (χ3n) is 3.14. The van der Waals surface area contributed by atoms with Crippen molar-refractivity contribution in [1.29, 1.82) is 0 Å². The third-order valence-corrected chi connectivity index (χ3v) is 5.49. The van der Waals surface area contributed by atoms with E-state index in [-0.39, 0.29) is 0 Å². The van der Waals surface area contributed by atoms with Crippen LogP contribution in [0.25, 0.3) is 0 Å². The van der Waals surface area contributed by atoms with E-state index in [0.717, 1.165) is 22.9 Å². The Bertz CT molecular complexity index is 508. The molecule has 0 atom stereocenters. The van der Waals surface area contributed by atoms with Crippen molar-refractivity contribution in [2.24, 2.45) is 0 Å². The Morgan fingerprint density at radius 2 is 1.05 bits per heavy atom. The lowest BCUT2D eigenvalue weighted by Crippen LogP contribution is -1.90. The quantitative estimate of drug-likeness (QED) is 0.413. The average Bonchev–Trinajstić information content (AvgIpc) is 2.50. The molecule has 2 nitrogen and oxygen atoms in total. The predicted molar refractivity (Wildman–Crippen MR) is 97.0 cm³/mol. The molecule has 2 aromatic rings. The van der Waals surface area contributed by atoms with Crippen LogP contribution >= 0.6 is 23.5 Å². The number of nitrogens with two attached hydrogens (primary N) is 2. The van der Waals surface area contributed by atoms with Crippen molar-refractivity contribution in [2.45, 2.75) is 29.1 Å². The molecule has 0 amide bonds. The summed E-state index contributed by atoms with van der Waals surface area (Å²) < 4.78 is 0. The molecule has 0 radical (unpaired) electrons. The van der Waals surface area contributed by atoms with E-state index >= 15 is 0 Å². The molecule has 4 heteroatoms. The fourth-order valence-corrected chi connectivity index (χ4v) is 3.92. The maximum Gasteiger partial charge on any atom is 0.0452 e. The normalized spacial score (nSPS) is 10.7. The van der Waals surface area contributed by atoms with Gasteiger partial charge in [-0.15, -0.1) is 23.5 Å². The molecule has 4 N–H and O–H groups in total. The van der Waals surface area contributed by atoms with Crippen LogP contribution in [0.5, 0.6) is 0 Å². The zero-order valence-corrected chi connectivity index (χ0v) is 13.8. The molecule has 0 unspecified atom stereocenters. The number of hydrogen-bond donors (Lipinski definition) is 2. The van der Waals surface area contributed by atoms with Crippen molar-refractivity contribution in [3.05, 3.63) is 48.5 Å². The highest BCUT2D eigenvalue weighted by molar-refractivity contribution is 7.99. The van der Waals surface area contributed by atoms with Gasteiger partial charge in [-0.3, -0.25) is 0 Å². The highest BCUT2D eigenvalue weighted by Crippen LogP contribution is 2.27. The van der Waals surface area contributed by atoms with E-state index in [9.17, 15) is 0 Å². The molecule has 0 bridgehead atoms. The summed E-state index contributed by atoms with van der Waals surface area (Å²) in [5, 5.41) is 0. The van der Waals surface area contributed by atoms with E-state index in [1.54, 1.807) is 0 Å². The molecule has 2 aromatic carbocycles. The molecule has 0 fully saturated rings. The van der Waals surface area contributed by atoms with Gasteiger partial charge < -0.3 is 11.5 Å². The number of benzene rings is 2. The van der Waals surface area contributed by atoms with Crippen LogP contribution < -0.4 is 11.5 Å². The van der Waals surface area contributed by atoms with Crippen molar-refractivity contribution in [1.82, 2.24) is 0 Å². The zero-order valence-electron chi connectivity index (χ0n) is 12.1. The van der Waals surface area contributed by atoms with E-state index in [4.69, 9.17) is 11.5 Å². The summed E-state index contributed by atoms with van der Waals surface area (Å²) in [5.41, 5.74) is 13.6. The van der Waals surface area contributed by atoms with Gasteiger partial charge >= 0.3 is 0 Å². The summed E-state index contributed by atoms with van der Waals surface area (Å²) >= 11 is 3.70. The average molecular weight is 319 g/mol. The van der Waals surface area contributed by atoms with Crippen LogP contribution in [-0.4, -0.2) is 11.5 Å². The molecule has 21 heavy (non-hydrogen) atoms. The molecule has 0 aliphatic rings. The van der Waals surface area contributed by atoms with Crippen LogP contribution in [0, 0.1) is 0 Å². The highest BCUT2D eigenvalue weighted by atomic mass is 32.2. The van der Waals surface area contributed by atoms with Crippen molar-refractivity contribution >= 4 is 34.9 Å². The number of rotatable bonds is 8. The first-order valence-corrected chi connectivity index (χ1v) is 9.19. The van der Waals surface area contributed by atoms with Crippen LogP contribution in [0.3, 0.4) is 0 Å². The lowest BCUT2D eigenvalue weighted by atomic mass is 10.3. The Labute approximate surface area is 135 Å². The van der Waals surface area contributed by atoms with Crippen molar-refractivity contribution in [3.63, 3.8) is 0 Å². The molecule has 112 valence electrons. The summed E-state index contributed by atoms with van der Waals surface area (Å²) in [5.74, 6) is 2.26. The van der Waals surface area contributed by atoms with Gasteiger partial charge in [-0.1, -0.05) is 30.7 Å². The molecular formula is C17H22N2S2. The van der Waals surface area contributed by atoms with Crippen LogP contribution in [-0.2, 0) is 0 Å². The lowest BCUT2D eigenvalue weighted by molar-refractivity contribution is 0.785. The van der Waals surface area contributed by atoms with Crippen molar-refractivity contribution < 1.29 is 0 Å². The molecule has 0 aromatic heterocycles. The van der Waals surface area contributed by atoms with Gasteiger partial charge in [-0.05, 0) is 48.6 Å². The molecule has 0 heterocycles. The Hall–Kier alpha value is -1.26. The van der Waals surface area contributed by atoms with Gasteiger partial charge in [-0.2, -0.15) is 0 Å². The van der Waals surface area contributed by atoms with E-state index in [2.05, 4.69) is 12.1 Å². The van der Waals surface area contributed by atoms with Gasteiger partial charge in [0.15, 0.2) is 0 Å². The molecule has 2 rings (SSSR count). The number of nitrogen functional groups attached to an aromatic ring is 2. The second-order valence-corrected chi connectivity index (χ2v) is 7.11. The topological polar surface area (TPSA) is 52.0 Å². The van der Waals surface area contributed by atoms with Gasteiger partial charge in [0.05, 0.1) is 0 Å². The van der Waals surface area contributed by atoms with Crippen molar-refractivity contribution in [3.8, 4) is 0 Å². The van der Waals surface area contributed by atoms with E-state index in [0.29, 0.717) is 0 Å². The Morgan fingerprint density at radius 3 is 1.48 bits per heavy atom. The summed E-state index contributed by atoms with van der Waals surface area (Å²) in [6.07, 6.45) is 3.70. The third kappa shape index (κ3) is 5.56. The number of unbranched alkanes of at least 4 members (excludes halogenated alkanes) is 2. The summed E-state index contributed by atoms with van der Waals surface area (Å²) in [4.78, 5) is 2.40. The molecule has 0 saturated heterocycles. The van der Waals surface area contributed by atoms with Gasteiger partial charge in [-0.25, -0.2) is 0 Å². The summed E-state index contributed by atoms with van der Waals surface area (Å²) in [7, 11) is 0. The van der Waals surface area contributed by atoms with E-state index in [1.807, 2.05) is 59.9 Å². The molecule has 0 aliphatic heterocycles. The Balaban J connectivity index is 1.57. The molecular weight excluding hydrogens is 296 g/mol. The smallest absolute Gasteiger partial charge is 0.0452 e. The second-order valence-electron chi connectivity index (χ2n) is 4.83. The van der Waals surface area contributed by atoms with Crippen LogP contribution in [0.4, 0.5) is 11.4 Å². The fraction of sp³-hybridized carbons (Fsp3) is 0.294. The maximum absolute atomic E-state index is 5.93. The summed E-state index contributed by atoms with van der Waals surface area (Å²) in [6, 6.07) is 16.1.